The number of nitrogens with one attached hydrogen (secondary N) is 1. The van der Waals surface area contributed by atoms with Crippen LogP contribution in [-0.4, -0.2) is 18.8 Å². The number of rotatable bonds is 8. The van der Waals surface area contributed by atoms with Crippen LogP contribution in [-0.2, 0) is 35.5 Å². The van der Waals surface area contributed by atoms with Crippen molar-refractivity contribution >= 4 is 11.7 Å². The molecule has 0 heterocycles. The van der Waals surface area contributed by atoms with E-state index in [4.69, 9.17) is 4.74 Å². The number of ketones is 1. The van der Waals surface area contributed by atoms with Crippen LogP contribution in [0.3, 0.4) is 0 Å². The number of carbonyl (C=O) groups excluding carboxylic acids is 2. The molecule has 0 saturated heterocycles. The number of aryl methyl sites for hydroxylation is 2. The fraction of sp³-hybridized carbons (Fsp3) is 0.364. The molecule has 4 heteroatoms. The molecule has 0 bridgehead atoms. The van der Waals surface area contributed by atoms with Gasteiger partial charge in [0.15, 0.2) is 5.78 Å². The van der Waals surface area contributed by atoms with Crippen molar-refractivity contribution in [1.82, 2.24) is 5.32 Å². The summed E-state index contributed by atoms with van der Waals surface area (Å²) >= 11 is 0. The molecule has 0 saturated carbocycles. The number of hydrogen-bond acceptors (Lipinski definition) is 3. The van der Waals surface area contributed by atoms with Gasteiger partial charge in [-0.15, -0.1) is 0 Å². The van der Waals surface area contributed by atoms with Gasteiger partial charge in [-0.3, -0.25) is 9.59 Å². The minimum atomic E-state index is -0.105. The van der Waals surface area contributed by atoms with Crippen molar-refractivity contribution in [2.45, 2.75) is 45.3 Å². The number of hydrogen-bond donors (Lipinski definition) is 1. The lowest BCUT2D eigenvalue weighted by Gasteiger charge is -2.10. The number of Topliss-reactive ketones (excluding diaryl/α,β-unsaturated/α-hetero) is 1. The minimum absolute atomic E-state index is 0.0367. The van der Waals surface area contributed by atoms with Crippen LogP contribution in [0.1, 0.15) is 51.9 Å². The van der Waals surface area contributed by atoms with Gasteiger partial charge in [0.2, 0.25) is 5.91 Å². The van der Waals surface area contributed by atoms with Crippen molar-refractivity contribution < 1.29 is 14.3 Å². The van der Waals surface area contributed by atoms with Crippen molar-refractivity contribution in [3.63, 3.8) is 0 Å². The van der Waals surface area contributed by atoms with Crippen LogP contribution < -0.4 is 5.32 Å². The Hall–Kier alpha value is -2.46. The fourth-order valence-electron chi connectivity index (χ4n) is 3.43. The zero-order valence-electron chi connectivity index (χ0n) is 15.2. The molecule has 3 rings (SSSR count). The first kappa shape index (κ1) is 18.3. The topological polar surface area (TPSA) is 55.4 Å². The first-order valence-corrected chi connectivity index (χ1v) is 9.15. The summed E-state index contributed by atoms with van der Waals surface area (Å²) in [6, 6.07) is 13.8. The average molecular weight is 351 g/mol. The smallest absolute Gasteiger partial charge is 0.220 e. The van der Waals surface area contributed by atoms with Gasteiger partial charge in [0.25, 0.3) is 0 Å². The van der Waals surface area contributed by atoms with Crippen molar-refractivity contribution in [2.75, 3.05) is 7.11 Å². The summed E-state index contributed by atoms with van der Waals surface area (Å²) in [5.74, 6) is -0.0682. The molecule has 0 aromatic heterocycles. The third kappa shape index (κ3) is 4.58. The standard InChI is InChI=1S/C22H25NO3/c1-26-15-20-6-3-2-5-19(20)14-23-22(25)12-11-21(24)18-10-9-16-7-4-8-17(16)13-18/h2-3,5-6,9-10,13H,4,7-8,11-12,14-15H2,1H3,(H,23,25). The van der Waals surface area contributed by atoms with E-state index in [1.807, 2.05) is 36.4 Å². The Labute approximate surface area is 154 Å². The molecule has 0 unspecified atom stereocenters. The fourth-order valence-corrected chi connectivity index (χ4v) is 3.43. The zero-order valence-corrected chi connectivity index (χ0v) is 15.2. The van der Waals surface area contributed by atoms with Crippen molar-refractivity contribution in [2.24, 2.45) is 0 Å². The molecule has 1 aliphatic carbocycles. The van der Waals surface area contributed by atoms with E-state index >= 15 is 0 Å². The van der Waals surface area contributed by atoms with Gasteiger partial charge in [0.05, 0.1) is 6.61 Å². The molecule has 4 nitrogen and oxygen atoms in total. The molecule has 1 aliphatic rings. The number of ether oxygens (including phenoxy) is 1. The van der Waals surface area contributed by atoms with Gasteiger partial charge in [-0.25, -0.2) is 0 Å². The van der Waals surface area contributed by atoms with Gasteiger partial charge in [-0.2, -0.15) is 0 Å². The molecule has 0 radical (unpaired) electrons. The van der Waals surface area contributed by atoms with E-state index in [-0.39, 0.29) is 24.5 Å². The highest BCUT2D eigenvalue weighted by Gasteiger charge is 2.15. The molecule has 0 atom stereocenters. The summed E-state index contributed by atoms with van der Waals surface area (Å²) in [6.07, 6.45) is 3.78. The monoisotopic (exact) mass is 351 g/mol. The van der Waals surface area contributed by atoms with Crippen LogP contribution in [0.5, 0.6) is 0 Å². The first-order valence-electron chi connectivity index (χ1n) is 9.15. The maximum absolute atomic E-state index is 12.4. The minimum Gasteiger partial charge on any atom is -0.380 e. The molecule has 0 aliphatic heterocycles. The lowest BCUT2D eigenvalue weighted by Crippen LogP contribution is -2.24. The first-order chi connectivity index (χ1) is 12.7. The second kappa shape index (κ2) is 8.77. The van der Waals surface area contributed by atoms with Gasteiger partial charge >= 0.3 is 0 Å². The molecule has 26 heavy (non-hydrogen) atoms. The lowest BCUT2D eigenvalue weighted by molar-refractivity contribution is -0.121. The molecule has 2 aromatic rings. The molecule has 136 valence electrons. The predicted molar refractivity (Wildman–Crippen MR) is 101 cm³/mol. The third-order valence-corrected chi connectivity index (χ3v) is 4.89. The van der Waals surface area contributed by atoms with Crippen molar-refractivity contribution in [3.8, 4) is 0 Å². The van der Waals surface area contributed by atoms with E-state index in [0.717, 1.165) is 29.5 Å². The van der Waals surface area contributed by atoms with E-state index in [0.29, 0.717) is 13.2 Å². The highest BCUT2D eigenvalue weighted by molar-refractivity contribution is 5.98. The predicted octanol–water partition coefficient (Wildman–Crippen LogP) is 3.60. The maximum atomic E-state index is 12.4. The van der Waals surface area contributed by atoms with Crippen molar-refractivity contribution in [3.05, 3.63) is 70.3 Å². The summed E-state index contributed by atoms with van der Waals surface area (Å²) < 4.78 is 5.18. The summed E-state index contributed by atoms with van der Waals surface area (Å²) in [6.45, 7) is 0.967. The SMILES string of the molecule is COCc1ccccc1CNC(=O)CCC(=O)c1ccc2c(c1)CCC2. The second-order valence-electron chi connectivity index (χ2n) is 6.74. The van der Waals surface area contributed by atoms with Crippen LogP contribution in [0.15, 0.2) is 42.5 Å². The Bertz CT molecular complexity index is 798. The van der Waals surface area contributed by atoms with Crippen LogP contribution >= 0.6 is 0 Å². The second-order valence-corrected chi connectivity index (χ2v) is 6.74. The summed E-state index contributed by atoms with van der Waals surface area (Å²) in [7, 11) is 1.65. The Morgan fingerprint density at radius 1 is 1.00 bits per heavy atom. The van der Waals surface area contributed by atoms with E-state index in [2.05, 4.69) is 11.4 Å². The van der Waals surface area contributed by atoms with Crippen LogP contribution in [0.25, 0.3) is 0 Å². The van der Waals surface area contributed by atoms with E-state index in [1.165, 1.54) is 17.5 Å². The largest absolute Gasteiger partial charge is 0.380 e. The number of benzene rings is 2. The Balaban J connectivity index is 1.49. The van der Waals surface area contributed by atoms with Gasteiger partial charge in [0.1, 0.15) is 0 Å². The normalized spacial score (nSPS) is 12.7. The van der Waals surface area contributed by atoms with Gasteiger partial charge < -0.3 is 10.1 Å². The summed E-state index contributed by atoms with van der Waals surface area (Å²) in [5.41, 5.74) is 5.46. The third-order valence-electron chi connectivity index (χ3n) is 4.89. The van der Waals surface area contributed by atoms with Gasteiger partial charge in [-0.05, 0) is 47.6 Å². The number of fused-ring (bicyclic) bond motifs is 1. The molecule has 1 amide bonds. The molecular formula is C22H25NO3. The highest BCUT2D eigenvalue weighted by atomic mass is 16.5. The molecule has 1 N–H and O–H groups in total. The quantitative estimate of drug-likeness (QED) is 0.739. The molecular weight excluding hydrogens is 326 g/mol. The van der Waals surface area contributed by atoms with E-state index in [1.54, 1.807) is 7.11 Å². The number of carbonyl (C=O) groups is 2. The van der Waals surface area contributed by atoms with Crippen LogP contribution in [0, 0.1) is 0 Å². The maximum Gasteiger partial charge on any atom is 0.220 e. The summed E-state index contributed by atoms with van der Waals surface area (Å²) in [5, 5.41) is 2.90. The van der Waals surface area contributed by atoms with Gasteiger partial charge in [-0.1, -0.05) is 36.4 Å². The summed E-state index contributed by atoms with van der Waals surface area (Å²) in [4.78, 5) is 24.5. The van der Waals surface area contributed by atoms with Gasteiger partial charge in [0, 0.05) is 32.1 Å². The van der Waals surface area contributed by atoms with Crippen molar-refractivity contribution in [1.29, 1.82) is 0 Å². The molecule has 2 aromatic carbocycles. The Kier molecular flexibility index (Phi) is 6.18. The number of amides is 1. The van der Waals surface area contributed by atoms with Crippen LogP contribution in [0.2, 0.25) is 0 Å². The van der Waals surface area contributed by atoms with E-state index < -0.39 is 0 Å². The Morgan fingerprint density at radius 2 is 1.77 bits per heavy atom. The van der Waals surface area contributed by atoms with E-state index in [9.17, 15) is 9.59 Å². The number of methoxy groups -OCH3 is 1. The molecule has 0 spiro atoms. The zero-order chi connectivity index (χ0) is 18.4. The van der Waals surface area contributed by atoms with Crippen LogP contribution in [0.4, 0.5) is 0 Å². The lowest BCUT2D eigenvalue weighted by atomic mass is 10.0. The Morgan fingerprint density at radius 3 is 2.58 bits per heavy atom. The average Bonchev–Trinajstić information content (AvgIpc) is 3.13. The molecule has 0 fully saturated rings. The highest BCUT2D eigenvalue weighted by Crippen LogP contribution is 2.23.